The lowest BCUT2D eigenvalue weighted by Crippen LogP contribution is -2.29. The van der Waals surface area contributed by atoms with Gasteiger partial charge in [0.25, 0.3) is 0 Å². The molecule has 0 saturated heterocycles. The number of carbonyl (C=O) groups excluding carboxylic acids is 2. The highest BCUT2D eigenvalue weighted by Gasteiger charge is 2.22. The highest BCUT2D eigenvalue weighted by molar-refractivity contribution is 7.46. The Morgan fingerprint density at radius 1 is 0.604 bits per heavy atom. The molecule has 304 valence electrons. The van der Waals surface area contributed by atoms with E-state index in [0.29, 0.717) is 19.3 Å². The molecule has 53 heavy (non-hydrogen) atoms. The first kappa shape index (κ1) is 50.5. The molecule has 0 aliphatic rings. The molecule has 2 atom stereocenters. The number of unbranched alkanes of at least 4 members (excludes halogenated alkanes) is 14. The fourth-order valence-electron chi connectivity index (χ4n) is 5.31. The Hall–Kier alpha value is -2.55. The van der Waals surface area contributed by atoms with Crippen LogP contribution >= 0.6 is 7.82 Å². The fraction of sp³-hybridized carbons (Fsp3) is 0.674. The molecule has 0 amide bonds. The quantitative estimate of drug-likeness (QED) is 0.0187. The number of rotatable bonds is 36. The molecule has 0 saturated carbocycles. The molecule has 0 fully saturated rings. The van der Waals surface area contributed by atoms with Gasteiger partial charge in [0, 0.05) is 12.8 Å². The minimum absolute atomic E-state index is 0.0695. The molecule has 0 aromatic heterocycles. The highest BCUT2D eigenvalue weighted by Crippen LogP contribution is 2.36. The summed E-state index contributed by atoms with van der Waals surface area (Å²) in [5, 5.41) is 9.81. The smallest absolute Gasteiger partial charge is 0.462 e. The summed E-state index contributed by atoms with van der Waals surface area (Å²) in [4.78, 5) is 42.8. The molecule has 0 bridgehead atoms. The minimum Gasteiger partial charge on any atom is -0.462 e. The molecule has 0 aliphatic heterocycles. The van der Waals surface area contributed by atoms with Crippen LogP contribution in [0.1, 0.15) is 162 Å². The summed E-state index contributed by atoms with van der Waals surface area (Å²) in [5.41, 5.74) is 0. The van der Waals surface area contributed by atoms with Gasteiger partial charge in [-0.15, -0.1) is 0 Å². The van der Waals surface area contributed by atoms with Crippen molar-refractivity contribution in [2.75, 3.05) is 13.2 Å². The molecule has 0 spiro atoms. The van der Waals surface area contributed by atoms with Gasteiger partial charge < -0.3 is 24.4 Å². The molecular weight excluding hydrogens is 691 g/mol. The van der Waals surface area contributed by atoms with Crippen molar-refractivity contribution < 1.29 is 43.0 Å². The summed E-state index contributed by atoms with van der Waals surface area (Å²) in [7, 11) is -4.78. The average Bonchev–Trinajstić information content (AvgIpc) is 3.12. The monoisotopic (exact) mass is 764 g/mol. The zero-order chi connectivity index (χ0) is 39.1. The van der Waals surface area contributed by atoms with E-state index in [4.69, 9.17) is 19.3 Å². The second kappa shape index (κ2) is 37.8. The normalized spacial score (nSPS) is 13.8. The van der Waals surface area contributed by atoms with Crippen LogP contribution in [0.2, 0.25) is 0 Å². The standard InChI is InChI=1S/C43H73O9P/c1-3-5-7-8-9-10-11-12-13-16-19-22-25-28-32-36-42(45)50-38-41(39-51-53(47,48)49)52-43(46)37-33-29-26-23-20-17-14-15-18-21-24-27-31-35-40(44)34-30-6-4-2/h6,15,17-18,20,24,26-27,29-31,35,40-41,44H,3-5,7-14,16,19,21-23,25,28,32-34,36-39H2,1-2H3,(H2,47,48,49)/b18-15-,20-17-,27-24+,29-26-,30-6-,35-31+/t40?,41-/m1/s1. The summed E-state index contributed by atoms with van der Waals surface area (Å²) < 4.78 is 26.3. The van der Waals surface area contributed by atoms with E-state index in [1.165, 1.54) is 70.6 Å². The first-order chi connectivity index (χ1) is 25.7. The Bertz CT molecular complexity index is 1100. The maximum Gasteiger partial charge on any atom is 0.469 e. The molecule has 0 heterocycles. The number of esters is 2. The van der Waals surface area contributed by atoms with Crippen molar-refractivity contribution in [3.05, 3.63) is 72.9 Å². The van der Waals surface area contributed by atoms with Gasteiger partial charge in [0.05, 0.1) is 12.7 Å². The SMILES string of the molecule is CC/C=C\CC(O)/C=C/C=C/C/C=C\C/C=C\C/C=C\CCC(=O)O[C@H](COC(=O)CCCCCCCCCCCCCCCCC)COP(=O)(O)O. The number of hydrogen-bond donors (Lipinski definition) is 3. The number of ether oxygens (including phenoxy) is 2. The lowest BCUT2D eigenvalue weighted by Gasteiger charge is -2.18. The van der Waals surface area contributed by atoms with Crippen molar-refractivity contribution >= 4 is 19.8 Å². The zero-order valence-electron chi connectivity index (χ0n) is 33.0. The number of phosphoric acid groups is 1. The minimum atomic E-state index is -4.78. The van der Waals surface area contributed by atoms with Crippen LogP contribution in [0, 0.1) is 0 Å². The third kappa shape index (κ3) is 40.5. The van der Waals surface area contributed by atoms with E-state index in [0.717, 1.165) is 44.9 Å². The van der Waals surface area contributed by atoms with Gasteiger partial charge in [0.2, 0.25) is 0 Å². The summed E-state index contributed by atoms with van der Waals surface area (Å²) >= 11 is 0. The Morgan fingerprint density at radius 3 is 1.68 bits per heavy atom. The number of allylic oxidation sites excluding steroid dienone is 10. The second-order valence-corrected chi connectivity index (χ2v) is 14.7. The molecule has 0 aromatic rings. The number of phosphoric ester groups is 1. The third-order valence-electron chi connectivity index (χ3n) is 8.33. The molecule has 1 unspecified atom stereocenters. The summed E-state index contributed by atoms with van der Waals surface area (Å²) in [6.45, 7) is 3.41. The van der Waals surface area contributed by atoms with E-state index in [2.05, 4.69) is 36.6 Å². The van der Waals surface area contributed by atoms with Gasteiger partial charge in [-0.3, -0.25) is 14.1 Å². The predicted octanol–water partition coefficient (Wildman–Crippen LogP) is 11.3. The molecule has 0 radical (unpaired) electrons. The Kier molecular flexibility index (Phi) is 35.9. The van der Waals surface area contributed by atoms with Gasteiger partial charge in [-0.25, -0.2) is 4.57 Å². The van der Waals surface area contributed by atoms with Crippen molar-refractivity contribution in [2.24, 2.45) is 0 Å². The first-order valence-corrected chi connectivity index (χ1v) is 21.9. The number of carbonyl (C=O) groups is 2. The van der Waals surface area contributed by atoms with Crippen LogP contribution in [0.25, 0.3) is 0 Å². The van der Waals surface area contributed by atoms with Crippen molar-refractivity contribution in [2.45, 2.75) is 174 Å². The zero-order valence-corrected chi connectivity index (χ0v) is 33.9. The van der Waals surface area contributed by atoms with Crippen LogP contribution in [-0.2, 0) is 28.2 Å². The van der Waals surface area contributed by atoms with Crippen molar-refractivity contribution in [1.82, 2.24) is 0 Å². The molecule has 9 nitrogen and oxygen atoms in total. The number of aliphatic hydroxyl groups is 1. The largest absolute Gasteiger partial charge is 0.469 e. The van der Waals surface area contributed by atoms with Crippen LogP contribution in [-0.4, -0.2) is 52.3 Å². The van der Waals surface area contributed by atoms with Crippen molar-refractivity contribution in [3.8, 4) is 0 Å². The summed E-state index contributed by atoms with van der Waals surface area (Å²) in [6, 6.07) is 0. The van der Waals surface area contributed by atoms with Gasteiger partial charge in [0.1, 0.15) is 6.61 Å². The molecule has 0 rings (SSSR count). The van der Waals surface area contributed by atoms with E-state index >= 15 is 0 Å². The maximum atomic E-state index is 12.4. The van der Waals surface area contributed by atoms with Crippen molar-refractivity contribution in [3.63, 3.8) is 0 Å². The summed E-state index contributed by atoms with van der Waals surface area (Å²) in [5.74, 6) is -1.01. The van der Waals surface area contributed by atoms with Gasteiger partial charge in [0.15, 0.2) is 6.10 Å². The molecule has 0 aromatic carbocycles. The van der Waals surface area contributed by atoms with Crippen LogP contribution in [0.4, 0.5) is 0 Å². The van der Waals surface area contributed by atoms with Crippen LogP contribution in [0.15, 0.2) is 72.9 Å². The Morgan fingerprint density at radius 2 is 1.13 bits per heavy atom. The van der Waals surface area contributed by atoms with Gasteiger partial charge >= 0.3 is 19.8 Å². The number of aliphatic hydroxyl groups excluding tert-OH is 1. The van der Waals surface area contributed by atoms with E-state index in [1.807, 2.05) is 48.6 Å². The predicted molar refractivity (Wildman–Crippen MR) is 217 cm³/mol. The Balaban J connectivity index is 4.12. The van der Waals surface area contributed by atoms with Crippen LogP contribution in [0.5, 0.6) is 0 Å². The molecular formula is C43H73O9P. The summed E-state index contributed by atoms with van der Waals surface area (Å²) in [6.07, 6.45) is 45.4. The number of hydrogen-bond acceptors (Lipinski definition) is 7. The first-order valence-electron chi connectivity index (χ1n) is 20.3. The van der Waals surface area contributed by atoms with Crippen molar-refractivity contribution in [1.29, 1.82) is 0 Å². The average molecular weight is 765 g/mol. The fourth-order valence-corrected chi connectivity index (χ4v) is 5.67. The van der Waals surface area contributed by atoms with E-state index in [1.54, 1.807) is 6.08 Å². The van der Waals surface area contributed by atoms with E-state index < -0.39 is 38.6 Å². The highest BCUT2D eigenvalue weighted by atomic mass is 31.2. The lowest BCUT2D eigenvalue weighted by molar-refractivity contribution is -0.161. The molecule has 3 N–H and O–H groups in total. The van der Waals surface area contributed by atoms with Crippen LogP contribution < -0.4 is 0 Å². The van der Waals surface area contributed by atoms with Crippen LogP contribution in [0.3, 0.4) is 0 Å². The van der Waals surface area contributed by atoms with Gasteiger partial charge in [-0.1, -0.05) is 177 Å². The maximum absolute atomic E-state index is 12.4. The lowest BCUT2D eigenvalue weighted by atomic mass is 10.0. The van der Waals surface area contributed by atoms with E-state index in [9.17, 15) is 19.3 Å². The van der Waals surface area contributed by atoms with Gasteiger partial charge in [-0.05, 0) is 44.9 Å². The Labute approximate surface area is 322 Å². The topological polar surface area (TPSA) is 140 Å². The molecule has 0 aliphatic carbocycles. The van der Waals surface area contributed by atoms with E-state index in [-0.39, 0.29) is 19.4 Å². The van der Waals surface area contributed by atoms with Gasteiger partial charge in [-0.2, -0.15) is 0 Å². The third-order valence-corrected chi connectivity index (χ3v) is 8.82. The molecule has 10 heteroatoms. The second-order valence-electron chi connectivity index (χ2n) is 13.4.